The summed E-state index contributed by atoms with van der Waals surface area (Å²) >= 11 is 3.27. The van der Waals surface area contributed by atoms with Gasteiger partial charge in [-0.05, 0) is 55.7 Å². The molecule has 0 aliphatic heterocycles. The Hall–Kier alpha value is -0.960. The summed E-state index contributed by atoms with van der Waals surface area (Å²) in [6.07, 6.45) is 1.70. The minimum absolute atomic E-state index is 0.00483. The summed E-state index contributed by atoms with van der Waals surface area (Å²) in [6, 6.07) is 2.84. The van der Waals surface area contributed by atoms with E-state index in [1.54, 1.807) is 13.0 Å². The van der Waals surface area contributed by atoms with Crippen LogP contribution in [0, 0.1) is 12.7 Å². The minimum atomic E-state index is -0.310. The van der Waals surface area contributed by atoms with E-state index in [0.717, 1.165) is 11.1 Å². The van der Waals surface area contributed by atoms with Gasteiger partial charge in [-0.1, -0.05) is 15.9 Å². The average Bonchev–Trinajstić information content (AvgIpc) is 2.13. The maximum atomic E-state index is 13.1. The van der Waals surface area contributed by atoms with Crippen molar-refractivity contribution >= 4 is 27.8 Å². The first kappa shape index (κ1) is 12.1. The monoisotopic (exact) mass is 270 g/mol. The summed E-state index contributed by atoms with van der Waals surface area (Å²) in [4.78, 5) is 11.1. The molecule has 15 heavy (non-hydrogen) atoms. The van der Waals surface area contributed by atoms with Crippen LogP contribution in [-0.4, -0.2) is 5.78 Å². The van der Waals surface area contributed by atoms with E-state index >= 15 is 0 Å². The van der Waals surface area contributed by atoms with Crippen LogP contribution in [0.15, 0.2) is 22.2 Å². The molecule has 80 valence electrons. The standard InChI is InChI=1S/C12H12BrFO/c1-7(9(3)15)4-10-5-11(14)6-12(13)8(10)2/h4-6H,1-3H3/b7-4+. The maximum Gasteiger partial charge on any atom is 0.155 e. The second-order valence-electron chi connectivity index (χ2n) is 3.49. The van der Waals surface area contributed by atoms with Gasteiger partial charge in [-0.15, -0.1) is 0 Å². The van der Waals surface area contributed by atoms with Crippen molar-refractivity contribution < 1.29 is 9.18 Å². The number of hydrogen-bond donors (Lipinski definition) is 0. The number of hydrogen-bond acceptors (Lipinski definition) is 1. The summed E-state index contributed by atoms with van der Waals surface area (Å²) in [7, 11) is 0. The smallest absolute Gasteiger partial charge is 0.155 e. The number of carbonyl (C=O) groups excluding carboxylic acids is 1. The molecule has 0 bridgehead atoms. The van der Waals surface area contributed by atoms with Crippen molar-refractivity contribution in [2.75, 3.05) is 0 Å². The highest BCUT2D eigenvalue weighted by molar-refractivity contribution is 9.10. The third-order valence-corrected chi connectivity index (χ3v) is 3.10. The summed E-state index contributed by atoms with van der Waals surface area (Å²) in [5, 5.41) is 0. The van der Waals surface area contributed by atoms with Gasteiger partial charge in [0.15, 0.2) is 5.78 Å². The van der Waals surface area contributed by atoms with Gasteiger partial charge in [0.2, 0.25) is 0 Å². The normalized spacial score (nSPS) is 11.7. The second kappa shape index (κ2) is 4.71. The predicted octanol–water partition coefficient (Wildman–Crippen LogP) is 3.89. The van der Waals surface area contributed by atoms with Crippen molar-refractivity contribution in [1.29, 1.82) is 0 Å². The van der Waals surface area contributed by atoms with Gasteiger partial charge in [0.1, 0.15) is 5.82 Å². The minimum Gasteiger partial charge on any atom is -0.295 e. The third kappa shape index (κ3) is 2.99. The highest BCUT2D eigenvalue weighted by Gasteiger charge is 2.05. The summed E-state index contributed by atoms with van der Waals surface area (Å²) < 4.78 is 13.8. The number of allylic oxidation sites excluding steroid dienone is 1. The molecule has 0 saturated heterocycles. The second-order valence-corrected chi connectivity index (χ2v) is 4.34. The average molecular weight is 271 g/mol. The van der Waals surface area contributed by atoms with Gasteiger partial charge in [-0.2, -0.15) is 0 Å². The molecule has 0 unspecified atom stereocenters. The van der Waals surface area contributed by atoms with Crippen LogP contribution in [0.2, 0.25) is 0 Å². The lowest BCUT2D eigenvalue weighted by Crippen LogP contribution is -1.93. The maximum absolute atomic E-state index is 13.1. The Kier molecular flexibility index (Phi) is 3.80. The Balaban J connectivity index is 3.26. The summed E-state index contributed by atoms with van der Waals surface area (Å²) in [6.45, 7) is 5.10. The molecule has 1 rings (SSSR count). The lowest BCUT2D eigenvalue weighted by atomic mass is 10.0. The molecule has 1 aromatic carbocycles. The quantitative estimate of drug-likeness (QED) is 0.746. The Morgan fingerprint density at radius 3 is 2.53 bits per heavy atom. The van der Waals surface area contributed by atoms with Gasteiger partial charge >= 0.3 is 0 Å². The molecule has 3 heteroatoms. The van der Waals surface area contributed by atoms with E-state index in [0.29, 0.717) is 10.0 Å². The van der Waals surface area contributed by atoms with Crippen molar-refractivity contribution in [2.45, 2.75) is 20.8 Å². The Morgan fingerprint density at radius 2 is 2.00 bits per heavy atom. The van der Waals surface area contributed by atoms with Gasteiger partial charge in [-0.3, -0.25) is 4.79 Å². The molecule has 0 N–H and O–H groups in total. The van der Waals surface area contributed by atoms with Gasteiger partial charge in [0.05, 0.1) is 0 Å². The van der Waals surface area contributed by atoms with Crippen molar-refractivity contribution in [3.05, 3.63) is 39.1 Å². The number of benzene rings is 1. The van der Waals surface area contributed by atoms with E-state index in [1.807, 2.05) is 6.92 Å². The first-order valence-corrected chi connectivity index (χ1v) is 5.36. The summed E-state index contributed by atoms with van der Waals surface area (Å²) in [5.41, 5.74) is 2.28. The highest BCUT2D eigenvalue weighted by Crippen LogP contribution is 2.23. The van der Waals surface area contributed by atoms with Gasteiger partial charge in [-0.25, -0.2) is 4.39 Å². The Labute approximate surface area is 97.1 Å². The fourth-order valence-electron chi connectivity index (χ4n) is 1.15. The van der Waals surface area contributed by atoms with Crippen LogP contribution >= 0.6 is 15.9 Å². The topological polar surface area (TPSA) is 17.1 Å². The molecular weight excluding hydrogens is 259 g/mol. The van der Waals surface area contributed by atoms with Crippen molar-refractivity contribution in [3.8, 4) is 0 Å². The molecule has 0 heterocycles. The van der Waals surface area contributed by atoms with E-state index < -0.39 is 0 Å². The van der Waals surface area contributed by atoms with Crippen molar-refractivity contribution in [1.82, 2.24) is 0 Å². The molecule has 0 amide bonds. The fraction of sp³-hybridized carbons (Fsp3) is 0.250. The SMILES string of the molecule is CC(=O)/C(C)=C/c1cc(F)cc(Br)c1C. The van der Waals surface area contributed by atoms with Crippen LogP contribution in [0.4, 0.5) is 4.39 Å². The molecule has 1 aromatic rings. The van der Waals surface area contributed by atoms with E-state index in [9.17, 15) is 9.18 Å². The number of carbonyl (C=O) groups is 1. The Bertz CT molecular complexity index is 435. The number of rotatable bonds is 2. The molecular formula is C12H12BrFO. The number of ketones is 1. The first-order valence-electron chi connectivity index (χ1n) is 4.56. The molecule has 1 nitrogen and oxygen atoms in total. The highest BCUT2D eigenvalue weighted by atomic mass is 79.9. The zero-order valence-corrected chi connectivity index (χ0v) is 10.5. The molecule has 0 atom stereocenters. The van der Waals surface area contributed by atoms with Crippen molar-refractivity contribution in [3.63, 3.8) is 0 Å². The molecule has 0 aromatic heterocycles. The lowest BCUT2D eigenvalue weighted by Gasteiger charge is -2.05. The van der Waals surface area contributed by atoms with Crippen LogP contribution < -0.4 is 0 Å². The zero-order valence-electron chi connectivity index (χ0n) is 8.90. The van der Waals surface area contributed by atoms with Crippen LogP contribution in [0.1, 0.15) is 25.0 Å². The van der Waals surface area contributed by atoms with Crippen LogP contribution in [0.25, 0.3) is 6.08 Å². The molecule has 0 aliphatic rings. The lowest BCUT2D eigenvalue weighted by molar-refractivity contribution is -0.113. The van der Waals surface area contributed by atoms with Gasteiger partial charge < -0.3 is 0 Å². The van der Waals surface area contributed by atoms with Crippen LogP contribution in [0.3, 0.4) is 0 Å². The van der Waals surface area contributed by atoms with Crippen LogP contribution in [0.5, 0.6) is 0 Å². The molecule has 0 fully saturated rings. The van der Waals surface area contributed by atoms with Gasteiger partial charge in [0.25, 0.3) is 0 Å². The van der Waals surface area contributed by atoms with Crippen LogP contribution in [-0.2, 0) is 4.79 Å². The number of Topliss-reactive ketones (excluding diaryl/α,β-unsaturated/α-hetero) is 1. The van der Waals surface area contributed by atoms with Gasteiger partial charge in [0, 0.05) is 4.47 Å². The Morgan fingerprint density at radius 1 is 1.40 bits per heavy atom. The fourth-order valence-corrected chi connectivity index (χ4v) is 1.60. The van der Waals surface area contributed by atoms with Crippen molar-refractivity contribution in [2.24, 2.45) is 0 Å². The van der Waals surface area contributed by atoms with E-state index in [-0.39, 0.29) is 11.6 Å². The summed E-state index contributed by atoms with van der Waals surface area (Å²) in [5.74, 6) is -0.315. The predicted molar refractivity (Wildman–Crippen MR) is 63.2 cm³/mol. The molecule has 0 spiro atoms. The van der Waals surface area contributed by atoms with E-state index in [4.69, 9.17) is 0 Å². The number of halogens is 2. The zero-order chi connectivity index (χ0) is 11.6. The van der Waals surface area contributed by atoms with E-state index in [1.165, 1.54) is 19.1 Å². The first-order chi connectivity index (χ1) is 6.91. The van der Waals surface area contributed by atoms with E-state index in [2.05, 4.69) is 15.9 Å². The third-order valence-electron chi connectivity index (χ3n) is 2.28. The molecule has 0 radical (unpaired) electrons. The molecule has 0 saturated carbocycles. The molecule has 0 aliphatic carbocycles. The largest absolute Gasteiger partial charge is 0.295 e.